The first-order valence-electron chi connectivity index (χ1n) is 5.99. The van der Waals surface area contributed by atoms with Crippen molar-refractivity contribution in [2.75, 3.05) is 12.4 Å². The number of rotatable bonds is 5. The third kappa shape index (κ3) is 3.63. The summed E-state index contributed by atoms with van der Waals surface area (Å²) < 4.78 is 5.11. The maximum absolute atomic E-state index is 9.08. The van der Waals surface area contributed by atoms with E-state index in [-0.39, 0.29) is 6.61 Å². The number of methoxy groups -OCH3 is 1. The monoisotopic (exact) mass is 277 g/mol. The summed E-state index contributed by atoms with van der Waals surface area (Å²) in [6.45, 7) is 0.711. The summed E-state index contributed by atoms with van der Waals surface area (Å²) in [7, 11) is 1.60. The second-order valence-corrected chi connectivity index (χ2v) is 4.59. The number of hydrogen-bond donors (Lipinski definition) is 2. The Morgan fingerprint density at radius 3 is 2.68 bits per heavy atom. The highest BCUT2D eigenvalue weighted by atomic mass is 35.5. The number of halogens is 1. The van der Waals surface area contributed by atoms with Gasteiger partial charge in [-0.25, -0.2) is 0 Å². The van der Waals surface area contributed by atoms with Crippen molar-refractivity contribution in [3.8, 4) is 5.75 Å². The van der Waals surface area contributed by atoms with Crippen LogP contribution >= 0.6 is 11.6 Å². The zero-order valence-electron chi connectivity index (χ0n) is 10.7. The number of nitrogens with one attached hydrogen (secondary N) is 1. The largest absolute Gasteiger partial charge is 0.495 e. The van der Waals surface area contributed by atoms with Crippen molar-refractivity contribution in [3.05, 3.63) is 58.6 Å². The molecule has 3 nitrogen and oxygen atoms in total. The van der Waals surface area contributed by atoms with Crippen molar-refractivity contribution in [1.82, 2.24) is 0 Å². The van der Waals surface area contributed by atoms with Crippen LogP contribution in [0.15, 0.2) is 42.5 Å². The number of aliphatic hydroxyl groups excluding tert-OH is 1. The van der Waals surface area contributed by atoms with Crippen LogP contribution in [0.1, 0.15) is 11.1 Å². The molecule has 0 amide bonds. The predicted molar refractivity (Wildman–Crippen MR) is 77.7 cm³/mol. The normalized spacial score (nSPS) is 10.3. The average Bonchev–Trinajstić information content (AvgIpc) is 2.45. The average molecular weight is 278 g/mol. The number of ether oxygens (including phenoxy) is 1. The topological polar surface area (TPSA) is 41.5 Å². The summed E-state index contributed by atoms with van der Waals surface area (Å²) in [4.78, 5) is 0. The van der Waals surface area contributed by atoms with Crippen molar-refractivity contribution >= 4 is 17.3 Å². The van der Waals surface area contributed by atoms with Crippen LogP contribution < -0.4 is 10.1 Å². The quantitative estimate of drug-likeness (QED) is 0.879. The van der Waals surface area contributed by atoms with Crippen molar-refractivity contribution in [3.63, 3.8) is 0 Å². The molecule has 0 aliphatic heterocycles. The summed E-state index contributed by atoms with van der Waals surface area (Å²) >= 11 is 6.07. The molecule has 0 radical (unpaired) electrons. The number of aliphatic hydroxyl groups is 1. The predicted octanol–water partition coefficient (Wildman–Crippen LogP) is 3.45. The molecule has 4 heteroatoms. The van der Waals surface area contributed by atoms with E-state index >= 15 is 0 Å². The molecular weight excluding hydrogens is 262 g/mol. The lowest BCUT2D eigenvalue weighted by atomic mass is 10.2. The minimum atomic E-state index is 0.0455. The number of hydrogen-bond acceptors (Lipinski definition) is 3. The molecule has 0 spiro atoms. The van der Waals surface area contributed by atoms with E-state index in [4.69, 9.17) is 21.4 Å². The first kappa shape index (κ1) is 13.7. The minimum Gasteiger partial charge on any atom is -0.495 e. The molecule has 2 N–H and O–H groups in total. The molecule has 2 aromatic rings. The molecule has 0 atom stereocenters. The lowest BCUT2D eigenvalue weighted by Crippen LogP contribution is -2.00. The van der Waals surface area contributed by atoms with Gasteiger partial charge in [0.25, 0.3) is 0 Å². The van der Waals surface area contributed by atoms with E-state index < -0.39 is 0 Å². The maximum atomic E-state index is 9.08. The Bertz CT molecular complexity index is 558. The van der Waals surface area contributed by atoms with Crippen LogP contribution in [0.3, 0.4) is 0 Å². The standard InChI is InChI=1S/C15H16ClNO2/c1-19-15-6-5-11(8-14(15)16)9-17-13-4-2-3-12(7-13)10-18/h2-8,17-18H,9-10H2,1H3. The molecule has 0 fully saturated rings. The Balaban J connectivity index is 2.03. The summed E-state index contributed by atoms with van der Waals surface area (Å²) in [5, 5.41) is 13.0. The molecular formula is C15H16ClNO2. The summed E-state index contributed by atoms with van der Waals surface area (Å²) in [5.41, 5.74) is 2.93. The first-order chi connectivity index (χ1) is 9.22. The van der Waals surface area contributed by atoms with Gasteiger partial charge in [0.15, 0.2) is 0 Å². The number of anilines is 1. The van der Waals surface area contributed by atoms with Gasteiger partial charge in [-0.1, -0.05) is 29.8 Å². The van der Waals surface area contributed by atoms with Crippen LogP contribution in [0.5, 0.6) is 5.75 Å². The van der Waals surface area contributed by atoms with E-state index in [2.05, 4.69) is 5.32 Å². The van der Waals surface area contributed by atoms with Crippen LogP contribution in [0, 0.1) is 0 Å². The molecule has 0 unspecified atom stereocenters. The molecule has 0 saturated heterocycles. The van der Waals surface area contributed by atoms with Crippen molar-refractivity contribution < 1.29 is 9.84 Å². The van der Waals surface area contributed by atoms with Gasteiger partial charge < -0.3 is 15.2 Å². The van der Waals surface area contributed by atoms with Gasteiger partial charge in [0.2, 0.25) is 0 Å². The fraction of sp³-hybridized carbons (Fsp3) is 0.200. The Morgan fingerprint density at radius 2 is 2.00 bits per heavy atom. The van der Waals surface area contributed by atoms with Gasteiger partial charge in [-0.05, 0) is 35.4 Å². The van der Waals surface area contributed by atoms with Crippen LogP contribution in [0.25, 0.3) is 0 Å². The highest BCUT2D eigenvalue weighted by Gasteiger charge is 2.02. The Morgan fingerprint density at radius 1 is 1.16 bits per heavy atom. The van der Waals surface area contributed by atoms with Crippen LogP contribution in [-0.2, 0) is 13.2 Å². The van der Waals surface area contributed by atoms with Crippen molar-refractivity contribution in [1.29, 1.82) is 0 Å². The second-order valence-electron chi connectivity index (χ2n) is 4.18. The molecule has 0 bridgehead atoms. The lowest BCUT2D eigenvalue weighted by molar-refractivity contribution is 0.282. The maximum Gasteiger partial charge on any atom is 0.137 e. The van der Waals surface area contributed by atoms with Gasteiger partial charge in [0.1, 0.15) is 5.75 Å². The summed E-state index contributed by atoms with van der Waals surface area (Å²) in [6.07, 6.45) is 0. The molecule has 0 aromatic heterocycles. The van der Waals surface area contributed by atoms with Crippen LogP contribution in [-0.4, -0.2) is 12.2 Å². The zero-order chi connectivity index (χ0) is 13.7. The first-order valence-corrected chi connectivity index (χ1v) is 6.37. The van der Waals surface area contributed by atoms with Crippen molar-refractivity contribution in [2.24, 2.45) is 0 Å². The fourth-order valence-electron chi connectivity index (χ4n) is 1.80. The molecule has 0 heterocycles. The van der Waals surface area contributed by atoms with Crippen LogP contribution in [0.2, 0.25) is 5.02 Å². The lowest BCUT2D eigenvalue weighted by Gasteiger charge is -2.09. The van der Waals surface area contributed by atoms with E-state index in [9.17, 15) is 0 Å². The third-order valence-electron chi connectivity index (χ3n) is 2.82. The van der Waals surface area contributed by atoms with Gasteiger partial charge in [0, 0.05) is 12.2 Å². The van der Waals surface area contributed by atoms with Crippen molar-refractivity contribution in [2.45, 2.75) is 13.2 Å². The van der Waals surface area contributed by atoms with E-state index in [0.29, 0.717) is 17.3 Å². The third-order valence-corrected chi connectivity index (χ3v) is 3.12. The Kier molecular flexibility index (Phi) is 4.66. The molecule has 100 valence electrons. The molecule has 19 heavy (non-hydrogen) atoms. The van der Waals surface area contributed by atoms with Gasteiger partial charge in [-0.2, -0.15) is 0 Å². The molecule has 0 aliphatic rings. The minimum absolute atomic E-state index is 0.0455. The van der Waals surface area contributed by atoms with Gasteiger partial charge in [-0.15, -0.1) is 0 Å². The summed E-state index contributed by atoms with van der Waals surface area (Å²) in [6, 6.07) is 13.4. The van der Waals surface area contributed by atoms with E-state index in [0.717, 1.165) is 16.8 Å². The fourth-order valence-corrected chi connectivity index (χ4v) is 2.08. The highest BCUT2D eigenvalue weighted by Crippen LogP contribution is 2.25. The zero-order valence-corrected chi connectivity index (χ0v) is 11.4. The molecule has 2 rings (SSSR count). The summed E-state index contributed by atoms with van der Waals surface area (Å²) in [5.74, 6) is 0.674. The Hall–Kier alpha value is -1.71. The van der Waals surface area contributed by atoms with E-state index in [1.165, 1.54) is 0 Å². The Labute approximate surface area is 117 Å². The second kappa shape index (κ2) is 6.45. The van der Waals surface area contributed by atoms with Gasteiger partial charge >= 0.3 is 0 Å². The molecule has 0 saturated carbocycles. The van der Waals surface area contributed by atoms with Gasteiger partial charge in [-0.3, -0.25) is 0 Å². The van der Waals surface area contributed by atoms with Crippen LogP contribution in [0.4, 0.5) is 5.69 Å². The molecule has 0 aliphatic carbocycles. The molecule has 2 aromatic carbocycles. The highest BCUT2D eigenvalue weighted by molar-refractivity contribution is 6.32. The number of benzene rings is 2. The van der Waals surface area contributed by atoms with Gasteiger partial charge in [0.05, 0.1) is 18.7 Å². The van der Waals surface area contributed by atoms with E-state index in [1.807, 2.05) is 42.5 Å². The van der Waals surface area contributed by atoms with E-state index in [1.54, 1.807) is 7.11 Å². The smallest absolute Gasteiger partial charge is 0.137 e. The SMILES string of the molecule is COc1ccc(CNc2cccc(CO)c2)cc1Cl.